The van der Waals surface area contributed by atoms with Gasteiger partial charge in [-0.05, 0) is 44.9 Å². The molecule has 1 heterocycles. The van der Waals surface area contributed by atoms with E-state index in [0.717, 1.165) is 21.6 Å². The molecule has 27 heavy (non-hydrogen) atoms. The molecular formula is C20H25N3O3S. The van der Waals surface area contributed by atoms with E-state index >= 15 is 0 Å². The van der Waals surface area contributed by atoms with Crippen molar-refractivity contribution in [3.05, 3.63) is 52.5 Å². The summed E-state index contributed by atoms with van der Waals surface area (Å²) in [5.41, 5.74) is 3.09. The number of urea groups is 1. The molecule has 0 aliphatic carbocycles. The number of carbonyl (C=O) groups excluding carboxylic acids is 2. The van der Waals surface area contributed by atoms with Crippen molar-refractivity contribution in [1.82, 2.24) is 10.3 Å². The number of anilines is 1. The minimum atomic E-state index is -0.587. The van der Waals surface area contributed by atoms with E-state index in [1.807, 2.05) is 45.0 Å². The van der Waals surface area contributed by atoms with E-state index < -0.39 is 5.54 Å². The summed E-state index contributed by atoms with van der Waals surface area (Å²) in [5.74, 6) is -0.337. The summed E-state index contributed by atoms with van der Waals surface area (Å²) in [6, 6.07) is 7.56. The van der Waals surface area contributed by atoms with Crippen LogP contribution in [0.4, 0.5) is 9.93 Å². The van der Waals surface area contributed by atoms with Gasteiger partial charge >= 0.3 is 12.0 Å². The molecule has 1 aromatic heterocycles. The van der Waals surface area contributed by atoms with Crippen LogP contribution in [0.2, 0.25) is 0 Å². The quantitative estimate of drug-likeness (QED) is 0.726. The molecule has 0 bridgehead atoms. The number of aryl methyl sites for hydroxylation is 1. The first-order valence-corrected chi connectivity index (χ1v) is 9.32. The first-order chi connectivity index (χ1) is 12.6. The molecule has 2 amide bonds. The summed E-state index contributed by atoms with van der Waals surface area (Å²) in [7, 11) is 1.34. The molecule has 6 nitrogen and oxygen atoms in total. The van der Waals surface area contributed by atoms with Gasteiger partial charge in [0.25, 0.3) is 0 Å². The average Bonchev–Trinajstić information content (AvgIpc) is 2.93. The average molecular weight is 388 g/mol. The van der Waals surface area contributed by atoms with Crippen molar-refractivity contribution in [3.8, 4) is 0 Å². The molecule has 0 radical (unpaired) electrons. The Morgan fingerprint density at radius 2 is 2.04 bits per heavy atom. The van der Waals surface area contributed by atoms with Gasteiger partial charge in [-0.2, -0.15) is 0 Å². The number of hydrogen-bond donors (Lipinski definition) is 2. The Labute approximate surface area is 163 Å². The van der Waals surface area contributed by atoms with E-state index in [1.54, 1.807) is 6.92 Å². The van der Waals surface area contributed by atoms with E-state index in [4.69, 9.17) is 0 Å². The normalized spacial score (nSPS) is 11.0. The highest BCUT2D eigenvalue weighted by molar-refractivity contribution is 7.16. The number of esters is 1. The lowest BCUT2D eigenvalue weighted by molar-refractivity contribution is -0.139. The maximum absolute atomic E-state index is 12.5. The summed E-state index contributed by atoms with van der Waals surface area (Å²) in [5, 5.41) is 6.15. The van der Waals surface area contributed by atoms with Crippen LogP contribution in [0.15, 0.2) is 30.8 Å². The molecule has 0 spiro atoms. The first kappa shape index (κ1) is 20.6. The van der Waals surface area contributed by atoms with Crippen molar-refractivity contribution in [1.29, 1.82) is 0 Å². The summed E-state index contributed by atoms with van der Waals surface area (Å²) >= 11 is 1.26. The molecule has 0 aliphatic heterocycles. The summed E-state index contributed by atoms with van der Waals surface area (Å²) < 4.78 is 4.67. The number of thiazole rings is 1. The van der Waals surface area contributed by atoms with Crippen LogP contribution in [-0.4, -0.2) is 24.1 Å². The molecule has 0 saturated heterocycles. The Bertz CT molecular complexity index is 871. The maximum Gasteiger partial charge on any atom is 0.321 e. The third-order valence-electron chi connectivity index (χ3n) is 4.15. The number of amides is 2. The van der Waals surface area contributed by atoms with Crippen LogP contribution in [-0.2, 0) is 21.5 Å². The highest BCUT2D eigenvalue weighted by Gasteiger charge is 2.24. The predicted molar refractivity (Wildman–Crippen MR) is 109 cm³/mol. The second kappa shape index (κ2) is 8.35. The van der Waals surface area contributed by atoms with Crippen molar-refractivity contribution in [2.45, 2.75) is 39.7 Å². The fraction of sp³-hybridized carbons (Fsp3) is 0.350. The van der Waals surface area contributed by atoms with Crippen LogP contribution in [0.3, 0.4) is 0 Å². The number of nitrogens with zero attached hydrogens (tertiary/aromatic N) is 1. The SMILES string of the molecule is C=C(C)c1cccc(C(C)(C)NC(=O)Nc2nc(C)c(CC(=O)OC)s2)c1. The van der Waals surface area contributed by atoms with Crippen molar-refractivity contribution >= 4 is 34.0 Å². The highest BCUT2D eigenvalue weighted by Crippen LogP contribution is 2.25. The number of ether oxygens (including phenoxy) is 1. The highest BCUT2D eigenvalue weighted by atomic mass is 32.1. The van der Waals surface area contributed by atoms with E-state index in [9.17, 15) is 9.59 Å². The lowest BCUT2D eigenvalue weighted by atomic mass is 9.92. The van der Waals surface area contributed by atoms with Gasteiger partial charge < -0.3 is 10.1 Å². The number of allylic oxidation sites excluding steroid dienone is 1. The predicted octanol–water partition coefficient (Wildman–Crippen LogP) is 4.26. The van der Waals surface area contributed by atoms with E-state index in [2.05, 4.69) is 26.9 Å². The Kier molecular flexibility index (Phi) is 6.38. The van der Waals surface area contributed by atoms with Crippen molar-refractivity contribution < 1.29 is 14.3 Å². The smallest absolute Gasteiger partial charge is 0.321 e. The fourth-order valence-corrected chi connectivity index (χ4v) is 3.45. The van der Waals surface area contributed by atoms with Gasteiger partial charge in [-0.15, -0.1) is 11.3 Å². The van der Waals surface area contributed by atoms with Gasteiger partial charge in [-0.1, -0.05) is 30.4 Å². The number of carbonyl (C=O) groups is 2. The number of nitrogens with one attached hydrogen (secondary N) is 2. The molecule has 0 atom stereocenters. The summed E-state index contributed by atoms with van der Waals surface area (Å²) in [4.78, 5) is 29.0. The second-order valence-electron chi connectivity index (χ2n) is 6.85. The van der Waals surface area contributed by atoms with Crippen LogP contribution in [0.25, 0.3) is 5.57 Å². The van der Waals surface area contributed by atoms with Gasteiger partial charge in [0.2, 0.25) is 0 Å². The minimum Gasteiger partial charge on any atom is -0.469 e. The Balaban J connectivity index is 2.08. The molecule has 0 unspecified atom stereocenters. The third kappa shape index (κ3) is 5.40. The fourth-order valence-electron chi connectivity index (χ4n) is 2.51. The van der Waals surface area contributed by atoms with Crippen molar-refractivity contribution in [2.75, 3.05) is 12.4 Å². The first-order valence-electron chi connectivity index (χ1n) is 8.51. The number of rotatable bonds is 6. The van der Waals surface area contributed by atoms with Crippen LogP contribution in [0.5, 0.6) is 0 Å². The third-order valence-corrected chi connectivity index (χ3v) is 5.22. The number of benzene rings is 1. The van der Waals surface area contributed by atoms with Crippen LogP contribution >= 0.6 is 11.3 Å². The topological polar surface area (TPSA) is 80.3 Å². The standard InChI is InChI=1S/C20H25N3O3S/c1-12(2)14-8-7-9-15(10-14)20(4,5)23-18(25)22-19-21-13(3)16(27-19)11-17(24)26-6/h7-10H,1,11H2,2-6H3,(H2,21,22,23,25). The van der Waals surface area contributed by atoms with Gasteiger partial charge in [0.05, 0.1) is 24.8 Å². The molecule has 2 rings (SSSR count). The zero-order chi connectivity index (χ0) is 20.2. The van der Waals surface area contributed by atoms with Crippen LogP contribution < -0.4 is 10.6 Å². The Morgan fingerprint density at radius 3 is 2.67 bits per heavy atom. The number of hydrogen-bond acceptors (Lipinski definition) is 5. The molecule has 144 valence electrons. The molecule has 7 heteroatoms. The van der Waals surface area contributed by atoms with Gasteiger partial charge in [0.1, 0.15) is 0 Å². The monoisotopic (exact) mass is 387 g/mol. The second-order valence-corrected chi connectivity index (χ2v) is 7.93. The largest absolute Gasteiger partial charge is 0.469 e. The summed E-state index contributed by atoms with van der Waals surface area (Å²) in [6.07, 6.45) is 0.141. The van der Waals surface area contributed by atoms with Gasteiger partial charge in [-0.25, -0.2) is 9.78 Å². The Hall–Kier alpha value is -2.67. The van der Waals surface area contributed by atoms with Crippen LogP contribution in [0.1, 0.15) is 42.5 Å². The molecular weight excluding hydrogens is 362 g/mol. The van der Waals surface area contributed by atoms with E-state index in [-0.39, 0.29) is 18.4 Å². The lowest BCUT2D eigenvalue weighted by Gasteiger charge is -2.27. The van der Waals surface area contributed by atoms with E-state index in [0.29, 0.717) is 10.8 Å². The van der Waals surface area contributed by atoms with E-state index in [1.165, 1.54) is 18.4 Å². The number of aromatic nitrogens is 1. The molecule has 2 N–H and O–H groups in total. The Morgan fingerprint density at radius 1 is 1.33 bits per heavy atom. The zero-order valence-corrected chi connectivity index (χ0v) is 17.1. The molecule has 0 saturated carbocycles. The van der Waals surface area contributed by atoms with Gasteiger partial charge in [0, 0.05) is 4.88 Å². The lowest BCUT2D eigenvalue weighted by Crippen LogP contribution is -2.43. The number of methoxy groups -OCH3 is 1. The van der Waals surface area contributed by atoms with Crippen LogP contribution in [0, 0.1) is 6.92 Å². The molecule has 0 aliphatic rings. The maximum atomic E-state index is 12.5. The molecule has 0 fully saturated rings. The van der Waals surface area contributed by atoms with Gasteiger partial charge in [0.15, 0.2) is 5.13 Å². The minimum absolute atomic E-state index is 0.141. The van der Waals surface area contributed by atoms with Crippen molar-refractivity contribution in [3.63, 3.8) is 0 Å². The van der Waals surface area contributed by atoms with Crippen molar-refractivity contribution in [2.24, 2.45) is 0 Å². The zero-order valence-electron chi connectivity index (χ0n) is 16.3. The summed E-state index contributed by atoms with van der Waals surface area (Å²) in [6.45, 7) is 11.6. The molecule has 2 aromatic rings. The van der Waals surface area contributed by atoms with Gasteiger partial charge in [-0.3, -0.25) is 10.1 Å². The molecule has 1 aromatic carbocycles.